The second kappa shape index (κ2) is 8.55. The smallest absolute Gasteiger partial charge is 0.336 e. The number of methoxy groups -OCH3 is 1. The number of amides is 4. The Balaban J connectivity index is 1.97. The minimum Gasteiger partial charge on any atom is -0.493 e. The van der Waals surface area contributed by atoms with Crippen molar-refractivity contribution < 1.29 is 28.2 Å². The van der Waals surface area contributed by atoms with E-state index in [9.17, 15) is 18.8 Å². The van der Waals surface area contributed by atoms with Crippen LogP contribution >= 0.6 is 0 Å². The highest BCUT2D eigenvalue weighted by atomic mass is 19.1. The first-order valence-corrected chi connectivity index (χ1v) is 8.93. The number of hydrogen-bond acceptors (Lipinski definition) is 5. The average Bonchev–Trinajstić information content (AvgIpc) is 2.71. The molecule has 2 aromatic carbocycles. The number of nitrogens with one attached hydrogen (secondary N) is 1. The van der Waals surface area contributed by atoms with Gasteiger partial charge in [-0.3, -0.25) is 14.9 Å². The Kier molecular flexibility index (Phi) is 5.92. The van der Waals surface area contributed by atoms with Gasteiger partial charge in [0.2, 0.25) is 0 Å². The number of anilines is 1. The number of benzene rings is 2. The topological polar surface area (TPSA) is 84.9 Å². The van der Waals surface area contributed by atoms with E-state index in [2.05, 4.69) is 5.32 Å². The molecule has 0 unspecified atom stereocenters. The lowest BCUT2D eigenvalue weighted by molar-refractivity contribution is -0.122. The summed E-state index contributed by atoms with van der Waals surface area (Å²) in [5.74, 6) is -1.59. The molecule has 1 fully saturated rings. The van der Waals surface area contributed by atoms with Crippen LogP contribution < -0.4 is 19.7 Å². The maximum atomic E-state index is 14.1. The Labute approximate surface area is 166 Å². The summed E-state index contributed by atoms with van der Waals surface area (Å²) in [6.45, 7) is 2.48. The molecule has 0 saturated carbocycles. The summed E-state index contributed by atoms with van der Waals surface area (Å²) >= 11 is 0. The van der Waals surface area contributed by atoms with Crippen molar-refractivity contribution in [1.82, 2.24) is 5.32 Å². The minimum absolute atomic E-state index is 0.241. The molecule has 0 atom stereocenters. The van der Waals surface area contributed by atoms with Gasteiger partial charge in [-0.2, -0.15) is 0 Å². The number of nitrogens with zero attached hydrogens (tertiary/aromatic N) is 1. The van der Waals surface area contributed by atoms with Crippen molar-refractivity contribution >= 4 is 29.6 Å². The predicted molar refractivity (Wildman–Crippen MR) is 104 cm³/mol. The van der Waals surface area contributed by atoms with E-state index in [-0.39, 0.29) is 11.3 Å². The van der Waals surface area contributed by atoms with Gasteiger partial charge >= 0.3 is 6.03 Å². The first-order valence-electron chi connectivity index (χ1n) is 8.93. The van der Waals surface area contributed by atoms with Gasteiger partial charge in [-0.1, -0.05) is 25.1 Å². The highest BCUT2D eigenvalue weighted by Crippen LogP contribution is 2.30. The van der Waals surface area contributed by atoms with E-state index in [0.717, 1.165) is 12.5 Å². The molecule has 0 radical (unpaired) electrons. The number of rotatable bonds is 6. The molecule has 1 saturated heterocycles. The standard InChI is InChI=1S/C21H19FN2O5/c1-3-10-29-17-9-8-13(12-18(17)28-2)11-14-19(25)23-21(27)24(20(14)26)16-7-5-4-6-15(16)22/h4-9,11-12H,3,10H2,1-2H3,(H,23,25,27). The SMILES string of the molecule is CCCOc1ccc(C=C2C(=O)NC(=O)N(c3ccccc3F)C2=O)cc1OC. The highest BCUT2D eigenvalue weighted by molar-refractivity contribution is 6.39. The second-order valence-electron chi connectivity index (χ2n) is 6.17. The van der Waals surface area contributed by atoms with Gasteiger partial charge in [0.05, 0.1) is 19.4 Å². The third kappa shape index (κ3) is 4.11. The lowest BCUT2D eigenvalue weighted by Crippen LogP contribution is -2.54. The summed E-state index contributed by atoms with van der Waals surface area (Å²) in [6, 6.07) is 9.21. The monoisotopic (exact) mass is 398 g/mol. The fourth-order valence-electron chi connectivity index (χ4n) is 2.78. The Bertz CT molecular complexity index is 1000. The van der Waals surface area contributed by atoms with Crippen LogP contribution in [-0.4, -0.2) is 31.6 Å². The van der Waals surface area contributed by atoms with Crippen LogP contribution in [0.15, 0.2) is 48.0 Å². The van der Waals surface area contributed by atoms with E-state index in [0.29, 0.717) is 28.6 Å². The van der Waals surface area contributed by atoms with Gasteiger partial charge in [-0.05, 0) is 42.3 Å². The van der Waals surface area contributed by atoms with Crippen LogP contribution in [0.2, 0.25) is 0 Å². The molecule has 1 heterocycles. The predicted octanol–water partition coefficient (Wildman–Crippen LogP) is 3.29. The summed E-state index contributed by atoms with van der Waals surface area (Å²) in [7, 11) is 1.47. The molecule has 4 amide bonds. The van der Waals surface area contributed by atoms with Gasteiger partial charge in [0.15, 0.2) is 11.5 Å². The van der Waals surface area contributed by atoms with Crippen LogP contribution in [0.5, 0.6) is 11.5 Å². The van der Waals surface area contributed by atoms with Gasteiger partial charge < -0.3 is 9.47 Å². The summed E-state index contributed by atoms with van der Waals surface area (Å²) in [5.41, 5.74) is -0.0709. The molecule has 29 heavy (non-hydrogen) atoms. The Morgan fingerprint density at radius 3 is 2.55 bits per heavy atom. The molecule has 3 rings (SSSR count). The fraction of sp³-hybridized carbons (Fsp3) is 0.190. The lowest BCUT2D eigenvalue weighted by atomic mass is 10.1. The molecule has 0 bridgehead atoms. The number of hydrogen-bond donors (Lipinski definition) is 1. The van der Waals surface area contributed by atoms with Gasteiger partial charge in [0, 0.05) is 0 Å². The highest BCUT2D eigenvalue weighted by Gasteiger charge is 2.37. The molecule has 0 aliphatic carbocycles. The zero-order valence-electron chi connectivity index (χ0n) is 15.9. The number of carbonyl (C=O) groups is 3. The van der Waals surface area contributed by atoms with Gasteiger partial charge in [0.25, 0.3) is 11.8 Å². The number of urea groups is 1. The van der Waals surface area contributed by atoms with E-state index in [4.69, 9.17) is 9.47 Å². The number of carbonyl (C=O) groups excluding carboxylic acids is 3. The summed E-state index contributed by atoms with van der Waals surface area (Å²) in [4.78, 5) is 37.8. The third-order valence-corrected chi connectivity index (χ3v) is 4.16. The van der Waals surface area contributed by atoms with Gasteiger partial charge in [0.1, 0.15) is 11.4 Å². The molecule has 0 spiro atoms. The first kappa shape index (κ1) is 20.1. The Hall–Kier alpha value is -3.68. The van der Waals surface area contributed by atoms with Gasteiger partial charge in [-0.15, -0.1) is 0 Å². The Morgan fingerprint density at radius 2 is 1.86 bits per heavy atom. The van der Waals surface area contributed by atoms with Crippen molar-refractivity contribution in [3.8, 4) is 11.5 Å². The molecule has 1 N–H and O–H groups in total. The molecular formula is C21H19FN2O5. The van der Waals surface area contributed by atoms with Crippen molar-refractivity contribution in [3.05, 3.63) is 59.4 Å². The van der Waals surface area contributed by atoms with Gasteiger partial charge in [-0.25, -0.2) is 14.1 Å². The quantitative estimate of drug-likeness (QED) is 0.596. The van der Waals surface area contributed by atoms with Crippen molar-refractivity contribution in [1.29, 1.82) is 0 Å². The van der Waals surface area contributed by atoms with E-state index < -0.39 is 23.7 Å². The van der Waals surface area contributed by atoms with Crippen LogP contribution in [0.3, 0.4) is 0 Å². The molecule has 150 valence electrons. The number of ether oxygens (including phenoxy) is 2. The first-order chi connectivity index (χ1) is 14.0. The molecular weight excluding hydrogens is 379 g/mol. The molecule has 2 aromatic rings. The normalized spacial score (nSPS) is 15.5. The molecule has 1 aliphatic rings. The second-order valence-corrected chi connectivity index (χ2v) is 6.17. The third-order valence-electron chi connectivity index (χ3n) is 4.16. The average molecular weight is 398 g/mol. The zero-order valence-corrected chi connectivity index (χ0v) is 15.9. The van der Waals surface area contributed by atoms with Crippen LogP contribution in [0.1, 0.15) is 18.9 Å². The largest absolute Gasteiger partial charge is 0.493 e. The van der Waals surface area contributed by atoms with Crippen LogP contribution in [0.4, 0.5) is 14.9 Å². The summed E-state index contributed by atoms with van der Waals surface area (Å²) in [5, 5.41) is 2.06. The van der Waals surface area contributed by atoms with Crippen LogP contribution in [-0.2, 0) is 9.59 Å². The van der Waals surface area contributed by atoms with Crippen molar-refractivity contribution in [2.45, 2.75) is 13.3 Å². The number of halogens is 1. The van der Waals surface area contributed by atoms with Crippen molar-refractivity contribution in [3.63, 3.8) is 0 Å². The summed E-state index contributed by atoms with van der Waals surface area (Å²) < 4.78 is 25.0. The zero-order chi connectivity index (χ0) is 21.0. The molecule has 0 aromatic heterocycles. The lowest BCUT2D eigenvalue weighted by Gasteiger charge is -2.26. The number of imide groups is 2. The van der Waals surface area contributed by atoms with E-state index in [1.54, 1.807) is 18.2 Å². The number of barbiturate groups is 1. The van der Waals surface area contributed by atoms with E-state index in [1.807, 2.05) is 6.92 Å². The van der Waals surface area contributed by atoms with Crippen LogP contribution in [0.25, 0.3) is 6.08 Å². The maximum Gasteiger partial charge on any atom is 0.336 e. The molecule has 8 heteroatoms. The van der Waals surface area contributed by atoms with E-state index in [1.165, 1.54) is 31.4 Å². The molecule has 7 nitrogen and oxygen atoms in total. The Morgan fingerprint density at radius 1 is 1.10 bits per heavy atom. The fourth-order valence-corrected chi connectivity index (χ4v) is 2.78. The van der Waals surface area contributed by atoms with Crippen LogP contribution in [0, 0.1) is 5.82 Å². The van der Waals surface area contributed by atoms with Crippen molar-refractivity contribution in [2.75, 3.05) is 18.6 Å². The summed E-state index contributed by atoms with van der Waals surface area (Å²) in [6.07, 6.45) is 2.13. The van der Waals surface area contributed by atoms with Crippen molar-refractivity contribution in [2.24, 2.45) is 0 Å². The number of para-hydroxylation sites is 1. The minimum atomic E-state index is -1.01. The van der Waals surface area contributed by atoms with E-state index >= 15 is 0 Å². The molecule has 1 aliphatic heterocycles. The maximum absolute atomic E-state index is 14.1.